The lowest BCUT2D eigenvalue weighted by molar-refractivity contribution is 0.0515. The van der Waals surface area contributed by atoms with Gasteiger partial charge in [-0.3, -0.25) is 0 Å². The van der Waals surface area contributed by atoms with E-state index in [0.29, 0.717) is 30.5 Å². The molecule has 1 heterocycles. The summed E-state index contributed by atoms with van der Waals surface area (Å²) in [6.45, 7) is 6.24. The van der Waals surface area contributed by atoms with E-state index in [0.717, 1.165) is 11.3 Å². The van der Waals surface area contributed by atoms with Crippen molar-refractivity contribution < 1.29 is 14.3 Å². The standard InChI is InChI=1S/C11H16ClNO3/c1-4-15-11(14)9-10(16-6-5-12)7(2)8(3)13-9/h13H,4-6H2,1-3H3. The number of hydrogen-bond acceptors (Lipinski definition) is 3. The van der Waals surface area contributed by atoms with Crippen molar-refractivity contribution in [3.8, 4) is 5.75 Å². The van der Waals surface area contributed by atoms with Crippen LogP contribution in [0.5, 0.6) is 5.75 Å². The lowest BCUT2D eigenvalue weighted by Crippen LogP contribution is -2.09. The Hall–Kier alpha value is -1.16. The van der Waals surface area contributed by atoms with Crippen LogP contribution in [0.4, 0.5) is 0 Å². The summed E-state index contributed by atoms with van der Waals surface area (Å²) in [6, 6.07) is 0. The van der Waals surface area contributed by atoms with Gasteiger partial charge in [0.1, 0.15) is 6.61 Å². The molecular formula is C11H16ClNO3. The second-order valence-corrected chi connectivity index (χ2v) is 3.72. The fourth-order valence-corrected chi connectivity index (χ4v) is 1.44. The van der Waals surface area contributed by atoms with Gasteiger partial charge in [-0.15, -0.1) is 11.6 Å². The number of carbonyl (C=O) groups excluding carboxylic acids is 1. The summed E-state index contributed by atoms with van der Waals surface area (Å²) in [7, 11) is 0. The first-order chi connectivity index (χ1) is 7.61. The second kappa shape index (κ2) is 5.80. The van der Waals surface area contributed by atoms with Crippen molar-refractivity contribution in [1.82, 2.24) is 4.98 Å². The number of esters is 1. The molecule has 0 unspecified atom stereocenters. The van der Waals surface area contributed by atoms with Crippen LogP contribution < -0.4 is 4.74 Å². The van der Waals surface area contributed by atoms with Gasteiger partial charge < -0.3 is 14.5 Å². The van der Waals surface area contributed by atoms with Crippen molar-refractivity contribution in [2.75, 3.05) is 19.1 Å². The molecule has 0 aliphatic rings. The van der Waals surface area contributed by atoms with Crippen molar-refractivity contribution in [3.63, 3.8) is 0 Å². The number of alkyl halides is 1. The third-order valence-electron chi connectivity index (χ3n) is 2.25. The quantitative estimate of drug-likeness (QED) is 0.640. The molecule has 1 aromatic rings. The van der Waals surface area contributed by atoms with Crippen LogP contribution in [0.1, 0.15) is 28.7 Å². The summed E-state index contributed by atoms with van der Waals surface area (Å²) in [5.74, 6) is 0.520. The lowest BCUT2D eigenvalue weighted by atomic mass is 10.2. The normalized spacial score (nSPS) is 10.2. The largest absolute Gasteiger partial charge is 0.490 e. The van der Waals surface area contributed by atoms with Crippen LogP contribution in [-0.2, 0) is 4.74 Å². The van der Waals surface area contributed by atoms with E-state index in [2.05, 4.69) is 4.98 Å². The number of nitrogens with one attached hydrogen (secondary N) is 1. The summed E-state index contributed by atoms with van der Waals surface area (Å²) in [5, 5.41) is 0. The number of H-pyrrole nitrogens is 1. The highest BCUT2D eigenvalue weighted by Crippen LogP contribution is 2.27. The zero-order chi connectivity index (χ0) is 12.1. The van der Waals surface area contributed by atoms with E-state index in [-0.39, 0.29) is 0 Å². The van der Waals surface area contributed by atoms with Crippen LogP contribution in [0.25, 0.3) is 0 Å². The van der Waals surface area contributed by atoms with Gasteiger partial charge in [0, 0.05) is 11.3 Å². The number of hydrogen-bond donors (Lipinski definition) is 1. The van der Waals surface area contributed by atoms with Gasteiger partial charge in [-0.1, -0.05) is 0 Å². The predicted molar refractivity (Wildman–Crippen MR) is 62.4 cm³/mol. The average molecular weight is 246 g/mol. The molecule has 0 saturated heterocycles. The number of aromatic amines is 1. The minimum atomic E-state index is -0.400. The molecule has 0 radical (unpaired) electrons. The molecule has 0 aliphatic carbocycles. The molecule has 0 bridgehead atoms. The first-order valence-corrected chi connectivity index (χ1v) is 5.70. The predicted octanol–water partition coefficient (Wildman–Crippen LogP) is 2.43. The Morgan fingerprint density at radius 1 is 1.44 bits per heavy atom. The average Bonchev–Trinajstić information content (AvgIpc) is 2.54. The fraction of sp³-hybridized carbons (Fsp3) is 0.545. The van der Waals surface area contributed by atoms with Crippen molar-refractivity contribution in [1.29, 1.82) is 0 Å². The van der Waals surface area contributed by atoms with Gasteiger partial charge in [-0.05, 0) is 20.8 Å². The lowest BCUT2D eigenvalue weighted by Gasteiger charge is -2.06. The van der Waals surface area contributed by atoms with Gasteiger partial charge in [0.25, 0.3) is 0 Å². The van der Waals surface area contributed by atoms with E-state index in [1.54, 1.807) is 6.92 Å². The summed E-state index contributed by atoms with van der Waals surface area (Å²) in [6.07, 6.45) is 0. The van der Waals surface area contributed by atoms with Crippen LogP contribution in [-0.4, -0.2) is 30.0 Å². The van der Waals surface area contributed by atoms with Gasteiger partial charge in [0.2, 0.25) is 0 Å². The molecule has 16 heavy (non-hydrogen) atoms. The fourth-order valence-electron chi connectivity index (χ4n) is 1.36. The summed E-state index contributed by atoms with van der Waals surface area (Å²) < 4.78 is 10.4. The van der Waals surface area contributed by atoms with Crippen LogP contribution in [0.3, 0.4) is 0 Å². The Bertz CT molecular complexity index is 374. The first kappa shape index (κ1) is 12.9. The Labute approximate surface area is 99.9 Å². The van der Waals surface area contributed by atoms with Crippen LogP contribution in [0.15, 0.2) is 0 Å². The SMILES string of the molecule is CCOC(=O)c1[nH]c(C)c(C)c1OCCCl. The van der Waals surface area contributed by atoms with Crippen LogP contribution >= 0.6 is 11.6 Å². The number of ether oxygens (including phenoxy) is 2. The van der Waals surface area contributed by atoms with Crippen molar-refractivity contribution in [2.45, 2.75) is 20.8 Å². The monoisotopic (exact) mass is 245 g/mol. The van der Waals surface area contributed by atoms with Crippen molar-refractivity contribution >= 4 is 17.6 Å². The molecule has 1 N–H and O–H groups in total. The number of carbonyl (C=O) groups is 1. The molecule has 1 rings (SSSR count). The van der Waals surface area contributed by atoms with Gasteiger partial charge in [0.15, 0.2) is 11.4 Å². The Balaban J connectivity index is 2.98. The smallest absolute Gasteiger partial charge is 0.358 e. The molecule has 90 valence electrons. The summed E-state index contributed by atoms with van der Waals surface area (Å²) in [4.78, 5) is 14.6. The van der Waals surface area contributed by atoms with Gasteiger partial charge in [-0.25, -0.2) is 4.79 Å². The molecule has 5 heteroatoms. The van der Waals surface area contributed by atoms with E-state index in [4.69, 9.17) is 21.1 Å². The number of halogens is 1. The summed E-state index contributed by atoms with van der Waals surface area (Å²) in [5.41, 5.74) is 2.17. The first-order valence-electron chi connectivity index (χ1n) is 5.16. The maximum absolute atomic E-state index is 11.6. The van der Waals surface area contributed by atoms with Crippen molar-refractivity contribution in [3.05, 3.63) is 17.0 Å². The van der Waals surface area contributed by atoms with E-state index >= 15 is 0 Å². The Morgan fingerprint density at radius 2 is 2.12 bits per heavy atom. The highest BCUT2D eigenvalue weighted by atomic mass is 35.5. The van der Waals surface area contributed by atoms with E-state index in [9.17, 15) is 4.79 Å². The molecule has 0 aliphatic heterocycles. The van der Waals surface area contributed by atoms with E-state index in [1.807, 2.05) is 13.8 Å². The zero-order valence-corrected chi connectivity index (χ0v) is 10.5. The van der Waals surface area contributed by atoms with E-state index < -0.39 is 5.97 Å². The van der Waals surface area contributed by atoms with Crippen molar-refractivity contribution in [2.24, 2.45) is 0 Å². The highest BCUT2D eigenvalue weighted by Gasteiger charge is 2.20. The third-order valence-corrected chi connectivity index (χ3v) is 2.40. The molecule has 1 aromatic heterocycles. The van der Waals surface area contributed by atoms with Crippen LogP contribution in [0.2, 0.25) is 0 Å². The molecule has 0 aromatic carbocycles. The highest BCUT2D eigenvalue weighted by molar-refractivity contribution is 6.18. The molecule has 0 spiro atoms. The second-order valence-electron chi connectivity index (χ2n) is 3.34. The topological polar surface area (TPSA) is 51.3 Å². The molecule has 0 atom stereocenters. The molecular weight excluding hydrogens is 230 g/mol. The number of aryl methyl sites for hydroxylation is 1. The minimum Gasteiger partial charge on any atom is -0.490 e. The molecule has 0 amide bonds. The molecule has 0 saturated carbocycles. The zero-order valence-electron chi connectivity index (χ0n) is 9.72. The number of aromatic nitrogens is 1. The van der Waals surface area contributed by atoms with Gasteiger partial charge >= 0.3 is 5.97 Å². The Kier molecular flexibility index (Phi) is 4.68. The minimum absolute atomic E-state index is 0.338. The molecule has 0 fully saturated rings. The van der Waals surface area contributed by atoms with Gasteiger partial charge in [-0.2, -0.15) is 0 Å². The Morgan fingerprint density at radius 3 is 2.69 bits per heavy atom. The maximum atomic E-state index is 11.6. The van der Waals surface area contributed by atoms with Crippen LogP contribution in [0, 0.1) is 13.8 Å². The number of rotatable bonds is 5. The third kappa shape index (κ3) is 2.70. The van der Waals surface area contributed by atoms with Gasteiger partial charge in [0.05, 0.1) is 12.5 Å². The maximum Gasteiger partial charge on any atom is 0.358 e. The summed E-state index contributed by atoms with van der Waals surface area (Å²) >= 11 is 5.55. The van der Waals surface area contributed by atoms with E-state index in [1.165, 1.54) is 0 Å². The molecule has 4 nitrogen and oxygen atoms in total.